The van der Waals surface area contributed by atoms with Crippen molar-refractivity contribution in [2.24, 2.45) is 0 Å². The van der Waals surface area contributed by atoms with Crippen LogP contribution in [0.4, 0.5) is 0 Å². The summed E-state index contributed by atoms with van der Waals surface area (Å²) in [6.07, 6.45) is 1.98. The summed E-state index contributed by atoms with van der Waals surface area (Å²) in [5, 5.41) is 3.90. The number of hydrogen-bond acceptors (Lipinski definition) is 5. The normalized spacial score (nSPS) is 18.3. The third-order valence-electron chi connectivity index (χ3n) is 5.03. The fourth-order valence-corrected chi connectivity index (χ4v) is 4.15. The van der Waals surface area contributed by atoms with E-state index in [2.05, 4.69) is 26.2 Å². The maximum Gasteiger partial charge on any atom is 0.307 e. The first-order valence-electron chi connectivity index (χ1n) is 9.47. The molecule has 3 aromatic rings. The predicted molar refractivity (Wildman–Crippen MR) is 121 cm³/mol. The van der Waals surface area contributed by atoms with Crippen LogP contribution in [0.2, 0.25) is 0 Å². The minimum absolute atomic E-state index is 0.194. The van der Waals surface area contributed by atoms with Crippen molar-refractivity contribution in [2.45, 2.75) is 18.5 Å². The molecule has 0 saturated carbocycles. The molecule has 6 nitrogen and oxygen atoms in total. The number of aromatic nitrogens is 1. The van der Waals surface area contributed by atoms with Crippen LogP contribution >= 0.6 is 28.1 Å². The maximum absolute atomic E-state index is 11.7. The maximum atomic E-state index is 11.7. The van der Waals surface area contributed by atoms with Gasteiger partial charge >= 0.3 is 5.97 Å². The van der Waals surface area contributed by atoms with Crippen molar-refractivity contribution in [1.82, 2.24) is 15.2 Å². The Morgan fingerprint density at radius 1 is 1.23 bits per heavy atom. The molecule has 30 heavy (non-hydrogen) atoms. The van der Waals surface area contributed by atoms with Gasteiger partial charge in [-0.15, -0.1) is 0 Å². The van der Waals surface area contributed by atoms with Crippen LogP contribution in [0.15, 0.2) is 69.7 Å². The molecule has 0 unspecified atom stereocenters. The number of thiocarbonyl (C=S) groups is 1. The Hall–Kier alpha value is -2.71. The van der Waals surface area contributed by atoms with Gasteiger partial charge in [-0.3, -0.25) is 9.78 Å². The number of rotatable bonds is 6. The van der Waals surface area contributed by atoms with Crippen molar-refractivity contribution in [3.05, 3.63) is 76.7 Å². The summed E-state index contributed by atoms with van der Waals surface area (Å²) in [4.78, 5) is 18.2. The van der Waals surface area contributed by atoms with Gasteiger partial charge in [0.15, 0.2) is 5.11 Å². The van der Waals surface area contributed by atoms with Gasteiger partial charge in [0.1, 0.15) is 17.6 Å². The van der Waals surface area contributed by atoms with Crippen molar-refractivity contribution in [3.8, 4) is 11.3 Å². The van der Waals surface area contributed by atoms with E-state index in [9.17, 15) is 4.79 Å². The van der Waals surface area contributed by atoms with Crippen LogP contribution in [0.5, 0.6) is 0 Å². The number of carbonyl (C=O) groups excluding carboxylic acids is 1. The number of furan rings is 1. The molecule has 4 rings (SSSR count). The molecular weight excluding hydrogens is 466 g/mol. The lowest BCUT2D eigenvalue weighted by Crippen LogP contribution is -2.31. The summed E-state index contributed by atoms with van der Waals surface area (Å²) < 4.78 is 12.1. The van der Waals surface area contributed by atoms with Crippen LogP contribution < -0.4 is 5.32 Å². The Morgan fingerprint density at radius 2 is 2.03 bits per heavy atom. The van der Waals surface area contributed by atoms with E-state index in [1.807, 2.05) is 59.5 Å². The summed E-state index contributed by atoms with van der Waals surface area (Å²) in [5.41, 5.74) is 1.83. The second kappa shape index (κ2) is 8.97. The van der Waals surface area contributed by atoms with Crippen molar-refractivity contribution in [1.29, 1.82) is 0 Å². The van der Waals surface area contributed by atoms with E-state index in [4.69, 9.17) is 21.4 Å². The second-order valence-corrected chi connectivity index (χ2v) is 8.16. The Bertz CT molecular complexity index is 1040. The molecule has 0 amide bonds. The minimum atomic E-state index is -0.284. The molecular formula is C22H20BrN3O3S. The Kier molecular flexibility index (Phi) is 6.15. The number of halogens is 1. The van der Waals surface area contributed by atoms with Crippen LogP contribution in [0.1, 0.15) is 30.0 Å². The van der Waals surface area contributed by atoms with Crippen molar-refractivity contribution >= 4 is 39.2 Å². The molecule has 3 heterocycles. The Balaban J connectivity index is 1.68. The standard InChI is InChI=1S/C22H20BrN3O3S/c1-28-19(27)11-13-26-21(20(25-22(26)30)16-4-2-3-12-24-16)18-10-9-17(29-18)14-5-7-15(23)8-6-14/h2-10,12,20-21H,11,13H2,1H3,(H,25,30)/t20-,21+/m0/s1. The molecule has 0 aliphatic carbocycles. The first-order valence-corrected chi connectivity index (χ1v) is 10.7. The van der Waals surface area contributed by atoms with Gasteiger partial charge in [0.05, 0.1) is 25.3 Å². The number of nitrogens with one attached hydrogen (secondary N) is 1. The number of nitrogens with zero attached hydrogens (tertiary/aromatic N) is 2. The van der Waals surface area contributed by atoms with Crippen molar-refractivity contribution < 1.29 is 13.9 Å². The van der Waals surface area contributed by atoms with Gasteiger partial charge in [0.25, 0.3) is 0 Å². The Labute approximate surface area is 188 Å². The molecule has 2 atom stereocenters. The minimum Gasteiger partial charge on any atom is -0.469 e. The van der Waals surface area contributed by atoms with E-state index in [1.165, 1.54) is 7.11 Å². The Morgan fingerprint density at radius 3 is 2.73 bits per heavy atom. The first-order chi connectivity index (χ1) is 14.6. The van der Waals surface area contributed by atoms with Crippen LogP contribution in [0.3, 0.4) is 0 Å². The molecule has 8 heteroatoms. The fourth-order valence-electron chi connectivity index (χ4n) is 3.55. The number of ether oxygens (including phenoxy) is 1. The molecule has 1 N–H and O–H groups in total. The number of hydrogen-bond donors (Lipinski definition) is 1. The van der Waals surface area contributed by atoms with E-state index >= 15 is 0 Å². The van der Waals surface area contributed by atoms with Gasteiger partial charge in [0, 0.05) is 22.8 Å². The van der Waals surface area contributed by atoms with Crippen molar-refractivity contribution in [3.63, 3.8) is 0 Å². The third-order valence-corrected chi connectivity index (χ3v) is 5.91. The molecule has 0 bridgehead atoms. The largest absolute Gasteiger partial charge is 0.469 e. The molecule has 2 aromatic heterocycles. The zero-order valence-corrected chi connectivity index (χ0v) is 18.7. The molecule has 154 valence electrons. The third kappa shape index (κ3) is 4.24. The lowest BCUT2D eigenvalue weighted by Gasteiger charge is -2.25. The summed E-state index contributed by atoms with van der Waals surface area (Å²) in [5.74, 6) is 1.23. The average molecular weight is 486 g/mol. The van der Waals surface area contributed by atoms with E-state index in [-0.39, 0.29) is 24.5 Å². The van der Waals surface area contributed by atoms with Gasteiger partial charge in [-0.2, -0.15) is 0 Å². The second-order valence-electron chi connectivity index (χ2n) is 6.86. The highest BCUT2D eigenvalue weighted by Gasteiger charge is 2.41. The topological polar surface area (TPSA) is 67.6 Å². The van der Waals surface area contributed by atoms with Crippen LogP contribution in [0.25, 0.3) is 11.3 Å². The van der Waals surface area contributed by atoms with Crippen LogP contribution in [-0.2, 0) is 9.53 Å². The van der Waals surface area contributed by atoms with Crippen molar-refractivity contribution in [2.75, 3.05) is 13.7 Å². The molecule has 1 saturated heterocycles. The van der Waals surface area contributed by atoms with E-state index in [0.29, 0.717) is 11.7 Å². The molecule has 1 aliphatic rings. The van der Waals surface area contributed by atoms with Crippen LogP contribution in [-0.4, -0.2) is 34.6 Å². The summed E-state index contributed by atoms with van der Waals surface area (Å²) in [6.45, 7) is 0.417. The van der Waals surface area contributed by atoms with E-state index in [0.717, 1.165) is 27.3 Å². The number of carbonyl (C=O) groups is 1. The van der Waals surface area contributed by atoms with Crippen LogP contribution in [0, 0.1) is 0 Å². The smallest absolute Gasteiger partial charge is 0.307 e. The SMILES string of the molecule is COC(=O)CCN1C(=S)N[C@@H](c2ccccn2)[C@H]1c1ccc(-c2ccc(Br)cc2)o1. The van der Waals surface area contributed by atoms with Gasteiger partial charge in [-0.05, 0) is 48.6 Å². The molecule has 1 aromatic carbocycles. The number of benzene rings is 1. The summed E-state index contributed by atoms with van der Waals surface area (Å²) in [7, 11) is 1.38. The zero-order chi connectivity index (χ0) is 21.1. The molecule has 1 aliphatic heterocycles. The summed E-state index contributed by atoms with van der Waals surface area (Å²) >= 11 is 9.04. The van der Waals surface area contributed by atoms with E-state index in [1.54, 1.807) is 6.20 Å². The molecule has 1 fully saturated rings. The highest BCUT2D eigenvalue weighted by atomic mass is 79.9. The lowest BCUT2D eigenvalue weighted by molar-refractivity contribution is -0.140. The number of esters is 1. The van der Waals surface area contributed by atoms with Gasteiger partial charge in [-0.1, -0.05) is 34.1 Å². The highest BCUT2D eigenvalue weighted by molar-refractivity contribution is 9.10. The van der Waals surface area contributed by atoms with Gasteiger partial charge in [0.2, 0.25) is 0 Å². The fraction of sp³-hybridized carbons (Fsp3) is 0.227. The predicted octanol–water partition coefficient (Wildman–Crippen LogP) is 4.64. The zero-order valence-electron chi connectivity index (χ0n) is 16.2. The molecule has 0 radical (unpaired) electrons. The average Bonchev–Trinajstić information content (AvgIpc) is 3.37. The number of pyridine rings is 1. The quantitative estimate of drug-likeness (QED) is 0.402. The van der Waals surface area contributed by atoms with Gasteiger partial charge in [-0.25, -0.2) is 0 Å². The van der Waals surface area contributed by atoms with E-state index < -0.39 is 0 Å². The first kappa shape index (κ1) is 20.6. The summed E-state index contributed by atoms with van der Waals surface area (Å²) in [6, 6.07) is 17.2. The monoisotopic (exact) mass is 485 g/mol. The molecule has 0 spiro atoms. The lowest BCUT2D eigenvalue weighted by atomic mass is 10.0. The van der Waals surface area contributed by atoms with Gasteiger partial charge < -0.3 is 19.4 Å². The highest BCUT2D eigenvalue weighted by Crippen LogP contribution is 2.40. The number of methoxy groups -OCH3 is 1.